The van der Waals surface area contributed by atoms with E-state index in [0.717, 1.165) is 23.3 Å². The fraction of sp³-hybridized carbons (Fsp3) is 0.0476. The first kappa shape index (κ1) is 27.0. The predicted octanol–water partition coefficient (Wildman–Crippen LogP) is 11.8. The van der Waals surface area contributed by atoms with Crippen molar-refractivity contribution in [2.24, 2.45) is 0 Å². The van der Waals surface area contributed by atoms with Gasteiger partial charge >= 0.3 is 0 Å². The molecule has 7 rings (SSSR count). The van der Waals surface area contributed by atoms with Crippen molar-refractivity contribution in [3.63, 3.8) is 0 Å². The standard InChI is InChI=1S/C42H32S/c1-29-12-6-4-10-25-43-42-37(29)17-11-18-39(42)36-22-21-32-26-33(19-20-34(32)27-36)35-23-24-40-38-16-9-8-15-31(38)14-7-3-5-13-30(2)41(40)28-35/h3-13,15-24,26-28H,1-2,14,25H2/b7-3-,10-4-,12-6-,13-5-. The molecule has 0 radical (unpaired) electrons. The lowest BCUT2D eigenvalue weighted by Crippen LogP contribution is -1.94. The summed E-state index contributed by atoms with van der Waals surface area (Å²) in [6.07, 6.45) is 17.9. The van der Waals surface area contributed by atoms with Crippen molar-refractivity contribution in [2.45, 2.75) is 11.3 Å². The summed E-state index contributed by atoms with van der Waals surface area (Å²) < 4.78 is 0. The van der Waals surface area contributed by atoms with Gasteiger partial charge in [0.2, 0.25) is 0 Å². The largest absolute Gasteiger partial charge is 0.121 e. The molecule has 0 amide bonds. The van der Waals surface area contributed by atoms with Gasteiger partial charge < -0.3 is 0 Å². The zero-order valence-corrected chi connectivity index (χ0v) is 24.9. The van der Waals surface area contributed by atoms with Crippen molar-refractivity contribution >= 4 is 33.7 Å². The van der Waals surface area contributed by atoms with Gasteiger partial charge in [0.05, 0.1) is 0 Å². The van der Waals surface area contributed by atoms with E-state index in [0.29, 0.717) is 0 Å². The number of fused-ring (bicyclic) bond motifs is 5. The monoisotopic (exact) mass is 568 g/mol. The number of hydrogen-bond acceptors (Lipinski definition) is 1. The molecule has 0 unspecified atom stereocenters. The zero-order valence-electron chi connectivity index (χ0n) is 24.1. The molecule has 2 aliphatic rings. The molecule has 1 aliphatic heterocycles. The van der Waals surface area contributed by atoms with Crippen molar-refractivity contribution in [2.75, 3.05) is 5.75 Å². The van der Waals surface area contributed by atoms with E-state index in [1.54, 1.807) is 0 Å². The Bertz CT molecular complexity index is 2030. The third-order valence-corrected chi connectivity index (χ3v) is 9.36. The molecule has 0 N–H and O–H groups in total. The van der Waals surface area contributed by atoms with Crippen LogP contribution >= 0.6 is 11.8 Å². The highest BCUT2D eigenvalue weighted by Gasteiger charge is 2.15. The van der Waals surface area contributed by atoms with Crippen LogP contribution in [0, 0.1) is 0 Å². The van der Waals surface area contributed by atoms with Crippen molar-refractivity contribution in [3.05, 3.63) is 176 Å². The average Bonchev–Trinajstić information content (AvgIpc) is 3.14. The summed E-state index contributed by atoms with van der Waals surface area (Å²) >= 11 is 1.88. The van der Waals surface area contributed by atoms with E-state index in [-0.39, 0.29) is 0 Å². The van der Waals surface area contributed by atoms with Crippen LogP contribution in [-0.2, 0) is 6.42 Å². The lowest BCUT2D eigenvalue weighted by atomic mass is 9.88. The van der Waals surface area contributed by atoms with Crippen LogP contribution in [0.3, 0.4) is 0 Å². The average molecular weight is 569 g/mol. The molecule has 5 aromatic rings. The van der Waals surface area contributed by atoms with Gasteiger partial charge in [-0.2, -0.15) is 0 Å². The van der Waals surface area contributed by atoms with Gasteiger partial charge in [0.25, 0.3) is 0 Å². The summed E-state index contributed by atoms with van der Waals surface area (Å²) in [4.78, 5) is 1.29. The maximum absolute atomic E-state index is 4.44. The minimum Gasteiger partial charge on any atom is -0.121 e. The quantitative estimate of drug-likeness (QED) is 0.204. The Balaban J connectivity index is 1.28. The minimum atomic E-state index is 0.911. The third-order valence-electron chi connectivity index (χ3n) is 8.27. The fourth-order valence-corrected chi connectivity index (χ4v) is 7.08. The van der Waals surface area contributed by atoms with Gasteiger partial charge in [-0.25, -0.2) is 0 Å². The second-order valence-corrected chi connectivity index (χ2v) is 12.0. The molecule has 0 nitrogen and oxygen atoms in total. The van der Waals surface area contributed by atoms with Crippen LogP contribution in [0.25, 0.3) is 55.3 Å². The Morgan fingerprint density at radius 3 is 2.00 bits per heavy atom. The van der Waals surface area contributed by atoms with Gasteiger partial charge in [0.15, 0.2) is 0 Å². The molecule has 0 atom stereocenters. The van der Waals surface area contributed by atoms with Crippen LogP contribution in [0.4, 0.5) is 0 Å². The molecule has 0 fully saturated rings. The first-order valence-electron chi connectivity index (χ1n) is 14.7. The molecule has 0 bridgehead atoms. The molecule has 1 aliphatic carbocycles. The van der Waals surface area contributed by atoms with E-state index in [9.17, 15) is 0 Å². The van der Waals surface area contributed by atoms with Crippen LogP contribution in [0.5, 0.6) is 0 Å². The predicted molar refractivity (Wildman–Crippen MR) is 189 cm³/mol. The number of benzene rings is 5. The first-order valence-corrected chi connectivity index (χ1v) is 15.7. The summed E-state index contributed by atoms with van der Waals surface area (Å²) in [6.45, 7) is 8.78. The SMILES string of the molecule is C=C1/C=C\C=C/Cc2ccccc2-c2ccc(-c3ccc4cc(-c5cccc6c5SC/C=C\C=C/C6=C)ccc4c3)cc21. The lowest BCUT2D eigenvalue weighted by Gasteiger charge is -2.17. The summed E-state index contributed by atoms with van der Waals surface area (Å²) in [6, 6.07) is 35.7. The Morgan fingerprint density at radius 2 is 1.14 bits per heavy atom. The van der Waals surface area contributed by atoms with E-state index in [4.69, 9.17) is 0 Å². The second-order valence-electron chi connectivity index (χ2n) is 11.0. The summed E-state index contributed by atoms with van der Waals surface area (Å²) in [7, 11) is 0. The highest BCUT2D eigenvalue weighted by atomic mass is 32.2. The van der Waals surface area contributed by atoms with E-state index in [1.807, 2.05) is 11.8 Å². The highest BCUT2D eigenvalue weighted by molar-refractivity contribution is 7.99. The van der Waals surface area contributed by atoms with Gasteiger partial charge in [-0.15, -0.1) is 11.8 Å². The Hall–Kier alpha value is -4.85. The number of thioether (sulfide) groups is 1. The van der Waals surface area contributed by atoms with Crippen molar-refractivity contribution in [1.82, 2.24) is 0 Å². The Labute approximate surface area is 258 Å². The molecule has 0 spiro atoms. The highest BCUT2D eigenvalue weighted by Crippen LogP contribution is 2.40. The molecular weight excluding hydrogens is 537 g/mol. The minimum absolute atomic E-state index is 0.911. The third kappa shape index (κ3) is 5.41. The summed E-state index contributed by atoms with van der Waals surface area (Å²) in [5.74, 6) is 0.934. The lowest BCUT2D eigenvalue weighted by molar-refractivity contribution is 1.27. The number of hydrogen-bond donors (Lipinski definition) is 0. The normalized spacial score (nSPS) is 17.4. The Kier molecular flexibility index (Phi) is 7.41. The maximum atomic E-state index is 4.44. The van der Waals surface area contributed by atoms with Gasteiger partial charge in [-0.1, -0.05) is 141 Å². The van der Waals surface area contributed by atoms with Crippen LogP contribution in [0.15, 0.2) is 164 Å². The number of allylic oxidation sites excluding steroid dienone is 9. The van der Waals surface area contributed by atoms with Crippen molar-refractivity contribution in [1.29, 1.82) is 0 Å². The second kappa shape index (κ2) is 11.8. The molecule has 0 saturated heterocycles. The smallest absolute Gasteiger partial charge is 0.0232 e. The van der Waals surface area contributed by atoms with Gasteiger partial charge in [0.1, 0.15) is 0 Å². The van der Waals surface area contributed by atoms with Crippen molar-refractivity contribution < 1.29 is 0 Å². The van der Waals surface area contributed by atoms with Gasteiger partial charge in [-0.05, 0) is 96.6 Å². The van der Waals surface area contributed by atoms with Gasteiger partial charge in [-0.3, -0.25) is 0 Å². The first-order chi connectivity index (χ1) is 21.2. The van der Waals surface area contributed by atoms with Crippen LogP contribution in [0.2, 0.25) is 0 Å². The number of rotatable bonds is 2. The molecule has 0 saturated carbocycles. The molecule has 206 valence electrons. The van der Waals surface area contributed by atoms with E-state index < -0.39 is 0 Å². The molecule has 0 aromatic heterocycles. The molecule has 43 heavy (non-hydrogen) atoms. The van der Waals surface area contributed by atoms with E-state index in [1.165, 1.54) is 65.7 Å². The molecule has 5 aromatic carbocycles. The molecular formula is C42H32S. The maximum Gasteiger partial charge on any atom is 0.0232 e. The topological polar surface area (TPSA) is 0 Å². The van der Waals surface area contributed by atoms with Crippen molar-refractivity contribution in [3.8, 4) is 33.4 Å². The summed E-state index contributed by atoms with van der Waals surface area (Å²) in [5.41, 5.74) is 13.2. The molecule has 1 heteroatoms. The Morgan fingerprint density at radius 1 is 0.488 bits per heavy atom. The molecule has 1 heterocycles. The van der Waals surface area contributed by atoms with Crippen LogP contribution < -0.4 is 0 Å². The zero-order chi connectivity index (χ0) is 29.2. The van der Waals surface area contributed by atoms with Crippen LogP contribution in [-0.4, -0.2) is 5.75 Å². The van der Waals surface area contributed by atoms with Crippen LogP contribution in [0.1, 0.15) is 16.7 Å². The van der Waals surface area contributed by atoms with E-state index >= 15 is 0 Å². The fourth-order valence-electron chi connectivity index (χ4n) is 6.01. The van der Waals surface area contributed by atoms with E-state index in [2.05, 4.69) is 159 Å². The van der Waals surface area contributed by atoms with Gasteiger partial charge in [0, 0.05) is 10.6 Å². The summed E-state index contributed by atoms with van der Waals surface area (Å²) in [5, 5.41) is 2.46.